The van der Waals surface area contributed by atoms with Crippen molar-refractivity contribution >= 4 is 17.9 Å². The minimum atomic E-state index is -0.761. The van der Waals surface area contributed by atoms with Crippen molar-refractivity contribution in [3.8, 4) is 0 Å². The second-order valence-corrected chi connectivity index (χ2v) is 18.6. The van der Waals surface area contributed by atoms with Crippen LogP contribution < -0.4 is 0 Å². The van der Waals surface area contributed by atoms with E-state index < -0.39 is 6.10 Å². The molecule has 6 nitrogen and oxygen atoms in total. The van der Waals surface area contributed by atoms with Crippen LogP contribution in [0.3, 0.4) is 0 Å². The first-order valence-corrected chi connectivity index (χ1v) is 26.4. The molecule has 0 fully saturated rings. The summed E-state index contributed by atoms with van der Waals surface area (Å²) in [4.78, 5) is 37.9. The Balaban J connectivity index is 4.29. The molecule has 0 radical (unpaired) electrons. The predicted octanol–water partition coefficient (Wildman–Crippen LogP) is 17.1. The van der Waals surface area contributed by atoms with Gasteiger partial charge in [0.15, 0.2) is 6.10 Å². The fourth-order valence-corrected chi connectivity index (χ4v) is 8.04. The molecule has 0 bridgehead atoms. The summed E-state index contributed by atoms with van der Waals surface area (Å²) in [5.74, 6) is -0.0380. The van der Waals surface area contributed by atoms with Gasteiger partial charge in [0.25, 0.3) is 0 Å². The van der Waals surface area contributed by atoms with Gasteiger partial charge < -0.3 is 14.2 Å². The topological polar surface area (TPSA) is 78.9 Å². The van der Waals surface area contributed by atoms with E-state index in [1.54, 1.807) is 0 Å². The summed E-state index contributed by atoms with van der Waals surface area (Å²) >= 11 is 0. The molecule has 0 aromatic heterocycles. The van der Waals surface area contributed by atoms with Gasteiger partial charge >= 0.3 is 17.9 Å². The van der Waals surface area contributed by atoms with E-state index in [0.717, 1.165) is 63.7 Å². The molecule has 350 valence electrons. The van der Waals surface area contributed by atoms with Gasteiger partial charge in [-0.1, -0.05) is 259 Å². The molecule has 0 aliphatic rings. The number of unbranched alkanes of at least 4 members (excludes halogenated alkanes) is 35. The number of hydrogen-bond acceptors (Lipinski definition) is 6. The Morgan fingerprint density at radius 2 is 0.559 bits per heavy atom. The molecule has 0 N–H and O–H groups in total. The number of rotatable bonds is 48. The smallest absolute Gasteiger partial charge is 0.306 e. The molecule has 0 heterocycles. The predicted molar refractivity (Wildman–Crippen MR) is 252 cm³/mol. The molecule has 0 aromatic rings. The number of hydrogen-bond donors (Lipinski definition) is 0. The lowest BCUT2D eigenvalue weighted by molar-refractivity contribution is -0.167. The molecule has 0 unspecified atom stereocenters. The van der Waals surface area contributed by atoms with Gasteiger partial charge in [-0.15, -0.1) is 0 Å². The molecule has 59 heavy (non-hydrogen) atoms. The van der Waals surface area contributed by atoms with E-state index in [9.17, 15) is 14.4 Å². The molecular weight excluding hydrogens is 733 g/mol. The first kappa shape index (κ1) is 57.4. The fraction of sp³-hybridized carbons (Fsp3) is 0.943. The highest BCUT2D eigenvalue weighted by atomic mass is 16.6. The molecular formula is C53H102O6. The Morgan fingerprint density at radius 3 is 0.831 bits per heavy atom. The fourth-order valence-electron chi connectivity index (χ4n) is 8.04. The van der Waals surface area contributed by atoms with Crippen molar-refractivity contribution in [2.75, 3.05) is 13.2 Å². The molecule has 0 spiro atoms. The van der Waals surface area contributed by atoms with Crippen LogP contribution in [-0.2, 0) is 28.6 Å². The highest BCUT2D eigenvalue weighted by Crippen LogP contribution is 2.17. The van der Waals surface area contributed by atoms with Gasteiger partial charge in [-0.2, -0.15) is 0 Å². The lowest BCUT2D eigenvalue weighted by Crippen LogP contribution is -2.30. The maximum absolute atomic E-state index is 12.8. The van der Waals surface area contributed by atoms with Gasteiger partial charge in [0.05, 0.1) is 0 Å². The molecule has 0 aromatic carbocycles. The highest BCUT2D eigenvalue weighted by molar-refractivity contribution is 5.71. The van der Waals surface area contributed by atoms with Crippen LogP contribution in [-0.4, -0.2) is 37.2 Å². The van der Waals surface area contributed by atoms with Crippen LogP contribution in [0.4, 0.5) is 0 Å². The SMILES string of the molecule is CCCCCCCCCCCCCCCCCCC(=O)OC[C@H](COC(=O)CCCCCCCCCCCCCCC)OC(=O)CCCCCCCCCCCC(C)C. The molecule has 1 atom stereocenters. The van der Waals surface area contributed by atoms with Crippen LogP contribution in [0.15, 0.2) is 0 Å². The summed E-state index contributed by atoms with van der Waals surface area (Å²) in [5, 5.41) is 0. The lowest BCUT2D eigenvalue weighted by atomic mass is 10.0. The standard InChI is InChI=1S/C53H102O6/c1-5-7-9-11-13-15-17-19-20-21-23-25-29-33-37-41-45-52(55)58-48-50(59-53(56)46-42-38-34-30-26-27-31-35-39-43-49(3)4)47-57-51(54)44-40-36-32-28-24-22-18-16-14-12-10-8-6-2/h49-50H,5-48H2,1-4H3/t50-/m0/s1. The lowest BCUT2D eigenvalue weighted by Gasteiger charge is -2.18. The number of carbonyl (C=O) groups excluding carboxylic acids is 3. The molecule has 0 aliphatic heterocycles. The maximum atomic E-state index is 12.8. The van der Waals surface area contributed by atoms with Crippen molar-refractivity contribution in [1.82, 2.24) is 0 Å². The minimum absolute atomic E-state index is 0.0629. The third-order valence-electron chi connectivity index (χ3n) is 12.0. The van der Waals surface area contributed by atoms with Crippen LogP contribution in [0.1, 0.15) is 297 Å². The second kappa shape index (κ2) is 47.5. The van der Waals surface area contributed by atoms with Crippen molar-refractivity contribution < 1.29 is 28.6 Å². The van der Waals surface area contributed by atoms with Crippen LogP contribution in [0.2, 0.25) is 0 Å². The third-order valence-corrected chi connectivity index (χ3v) is 12.0. The van der Waals surface area contributed by atoms with E-state index in [4.69, 9.17) is 14.2 Å². The second-order valence-electron chi connectivity index (χ2n) is 18.6. The van der Waals surface area contributed by atoms with Gasteiger partial charge in [0.1, 0.15) is 13.2 Å². The van der Waals surface area contributed by atoms with E-state index in [-0.39, 0.29) is 31.1 Å². The molecule has 0 amide bonds. The summed E-state index contributed by atoms with van der Waals surface area (Å²) in [7, 11) is 0. The first-order chi connectivity index (χ1) is 28.9. The van der Waals surface area contributed by atoms with E-state index in [1.165, 1.54) is 193 Å². The Bertz CT molecular complexity index is 887. The number of esters is 3. The first-order valence-electron chi connectivity index (χ1n) is 26.4. The largest absolute Gasteiger partial charge is 0.462 e. The average molecular weight is 835 g/mol. The quantitative estimate of drug-likeness (QED) is 0.0345. The molecule has 6 heteroatoms. The highest BCUT2D eigenvalue weighted by Gasteiger charge is 2.19. The Labute approximate surface area is 368 Å². The molecule has 0 saturated carbocycles. The third kappa shape index (κ3) is 47.3. The van der Waals surface area contributed by atoms with Crippen molar-refractivity contribution in [2.45, 2.75) is 303 Å². The van der Waals surface area contributed by atoms with E-state index >= 15 is 0 Å². The Hall–Kier alpha value is -1.59. The zero-order chi connectivity index (χ0) is 43.1. The van der Waals surface area contributed by atoms with Crippen LogP contribution in [0.5, 0.6) is 0 Å². The summed E-state index contributed by atoms with van der Waals surface area (Å²) in [6.07, 6.45) is 49.4. The number of ether oxygens (including phenoxy) is 3. The monoisotopic (exact) mass is 835 g/mol. The zero-order valence-corrected chi connectivity index (χ0v) is 40.2. The van der Waals surface area contributed by atoms with E-state index in [2.05, 4.69) is 27.7 Å². The Morgan fingerprint density at radius 1 is 0.322 bits per heavy atom. The van der Waals surface area contributed by atoms with E-state index in [1.807, 2.05) is 0 Å². The summed E-state index contributed by atoms with van der Waals surface area (Å²) in [5.41, 5.74) is 0. The minimum Gasteiger partial charge on any atom is -0.462 e. The van der Waals surface area contributed by atoms with Crippen LogP contribution in [0.25, 0.3) is 0 Å². The zero-order valence-electron chi connectivity index (χ0n) is 40.2. The van der Waals surface area contributed by atoms with Gasteiger partial charge in [-0.3, -0.25) is 14.4 Å². The van der Waals surface area contributed by atoms with Gasteiger partial charge in [-0.25, -0.2) is 0 Å². The van der Waals surface area contributed by atoms with Gasteiger partial charge in [0.2, 0.25) is 0 Å². The van der Waals surface area contributed by atoms with Crippen LogP contribution >= 0.6 is 0 Å². The summed E-state index contributed by atoms with van der Waals surface area (Å²) in [6.45, 7) is 9.01. The molecule has 0 aliphatic carbocycles. The van der Waals surface area contributed by atoms with Crippen molar-refractivity contribution in [1.29, 1.82) is 0 Å². The molecule has 0 saturated heterocycles. The molecule has 0 rings (SSSR count). The van der Waals surface area contributed by atoms with Crippen molar-refractivity contribution in [3.05, 3.63) is 0 Å². The maximum Gasteiger partial charge on any atom is 0.306 e. The van der Waals surface area contributed by atoms with Gasteiger partial charge in [-0.05, 0) is 25.2 Å². The van der Waals surface area contributed by atoms with Gasteiger partial charge in [0, 0.05) is 19.3 Å². The summed E-state index contributed by atoms with van der Waals surface area (Å²) in [6, 6.07) is 0. The average Bonchev–Trinajstić information content (AvgIpc) is 3.22. The number of carbonyl (C=O) groups is 3. The van der Waals surface area contributed by atoms with Crippen molar-refractivity contribution in [3.63, 3.8) is 0 Å². The summed E-state index contributed by atoms with van der Waals surface area (Å²) < 4.78 is 16.8. The van der Waals surface area contributed by atoms with E-state index in [0.29, 0.717) is 19.3 Å². The van der Waals surface area contributed by atoms with Crippen molar-refractivity contribution in [2.24, 2.45) is 5.92 Å². The Kier molecular flexibility index (Phi) is 46.2. The normalized spacial score (nSPS) is 11.9. The van der Waals surface area contributed by atoms with Crippen LogP contribution in [0, 0.1) is 5.92 Å².